The molecule has 0 saturated carbocycles. The lowest BCUT2D eigenvalue weighted by molar-refractivity contribution is -0.274. The number of phenolic OH excluding ortho intramolecular Hbond substituents is 1. The summed E-state index contributed by atoms with van der Waals surface area (Å²) in [6.45, 7) is 0. The molecule has 2 N–H and O–H groups in total. The number of carbonyl (C=O) groups excluding carboxylic acids is 1. The first-order chi connectivity index (χ1) is 14.2. The van der Waals surface area contributed by atoms with Gasteiger partial charge in [0.2, 0.25) is 0 Å². The number of amides is 1. The van der Waals surface area contributed by atoms with E-state index in [1.54, 1.807) is 30.3 Å². The average Bonchev–Trinajstić information content (AvgIpc) is 2.82. The highest BCUT2D eigenvalue weighted by atomic mass is 19.4. The van der Waals surface area contributed by atoms with Crippen molar-refractivity contribution in [3.63, 3.8) is 0 Å². The van der Waals surface area contributed by atoms with Crippen LogP contribution in [-0.4, -0.2) is 24.5 Å². The number of nitrogens with one attached hydrogen (secondary N) is 1. The van der Waals surface area contributed by atoms with Gasteiger partial charge in [-0.15, -0.1) is 13.2 Å². The van der Waals surface area contributed by atoms with Gasteiger partial charge in [-0.2, -0.15) is 0 Å². The second-order valence-corrected chi connectivity index (χ2v) is 6.36. The molecular formula is C21H14F3NO5. The van der Waals surface area contributed by atoms with Crippen molar-refractivity contribution in [2.45, 2.75) is 6.36 Å². The number of methoxy groups -OCH3 is 1. The van der Waals surface area contributed by atoms with Crippen molar-refractivity contribution in [1.29, 1.82) is 0 Å². The maximum Gasteiger partial charge on any atom is 0.573 e. The van der Waals surface area contributed by atoms with Crippen LogP contribution in [0.25, 0.3) is 11.1 Å². The zero-order valence-electron chi connectivity index (χ0n) is 15.4. The van der Waals surface area contributed by atoms with Crippen molar-refractivity contribution >= 4 is 11.6 Å². The topological polar surface area (TPSA) is 77.0 Å². The van der Waals surface area contributed by atoms with Crippen LogP contribution in [0.5, 0.6) is 28.7 Å². The van der Waals surface area contributed by atoms with Crippen molar-refractivity contribution in [3.05, 3.63) is 60.2 Å². The Labute approximate surface area is 168 Å². The first-order valence-corrected chi connectivity index (χ1v) is 8.64. The Morgan fingerprint density at radius 2 is 1.67 bits per heavy atom. The Bertz CT molecular complexity index is 1140. The van der Waals surface area contributed by atoms with Crippen LogP contribution >= 0.6 is 0 Å². The zero-order chi connectivity index (χ0) is 21.5. The highest BCUT2D eigenvalue weighted by Gasteiger charge is 2.32. The Kier molecular flexibility index (Phi) is 4.65. The number of aromatic hydroxyl groups is 1. The third-order valence-corrected chi connectivity index (χ3v) is 4.39. The first kappa shape index (κ1) is 19.4. The summed E-state index contributed by atoms with van der Waals surface area (Å²) < 4.78 is 52.0. The number of rotatable bonds is 3. The number of ether oxygens (including phenoxy) is 3. The third-order valence-electron chi connectivity index (χ3n) is 4.39. The van der Waals surface area contributed by atoms with E-state index in [-0.39, 0.29) is 28.5 Å². The summed E-state index contributed by atoms with van der Waals surface area (Å²) in [5.74, 6) is -0.390. The summed E-state index contributed by atoms with van der Waals surface area (Å²) in [6, 6.07) is 13.0. The largest absolute Gasteiger partial charge is 0.573 e. The van der Waals surface area contributed by atoms with Crippen LogP contribution in [0.3, 0.4) is 0 Å². The fourth-order valence-electron chi connectivity index (χ4n) is 3.05. The number of hydrogen-bond donors (Lipinski definition) is 2. The van der Waals surface area contributed by atoms with Gasteiger partial charge in [0.15, 0.2) is 17.2 Å². The molecule has 154 valence electrons. The van der Waals surface area contributed by atoms with Crippen molar-refractivity contribution < 1.29 is 37.3 Å². The number of hydrogen-bond acceptors (Lipinski definition) is 5. The summed E-state index contributed by atoms with van der Waals surface area (Å²) in [7, 11) is 1.43. The molecule has 0 radical (unpaired) electrons. The van der Waals surface area contributed by atoms with Gasteiger partial charge >= 0.3 is 6.36 Å². The SMILES string of the molecule is COc1ccc(-c2ccc3c(c2)C(=O)Nc2cc(OC(F)(F)F)ccc2O3)cc1O. The van der Waals surface area contributed by atoms with Gasteiger partial charge in [-0.05, 0) is 47.5 Å². The van der Waals surface area contributed by atoms with Gasteiger partial charge in [0.1, 0.15) is 11.5 Å². The highest BCUT2D eigenvalue weighted by Crippen LogP contribution is 2.40. The molecule has 0 aliphatic carbocycles. The van der Waals surface area contributed by atoms with E-state index in [1.807, 2.05) is 0 Å². The number of alkyl halides is 3. The van der Waals surface area contributed by atoms with Gasteiger partial charge in [0.05, 0.1) is 18.4 Å². The van der Waals surface area contributed by atoms with Crippen LogP contribution in [0.1, 0.15) is 10.4 Å². The van der Waals surface area contributed by atoms with Crippen molar-refractivity contribution in [2.24, 2.45) is 0 Å². The molecule has 9 heteroatoms. The van der Waals surface area contributed by atoms with Crippen molar-refractivity contribution in [1.82, 2.24) is 0 Å². The second-order valence-electron chi connectivity index (χ2n) is 6.36. The molecule has 1 heterocycles. The molecule has 4 rings (SSSR count). The number of carbonyl (C=O) groups is 1. The van der Waals surface area contributed by atoms with Crippen LogP contribution < -0.4 is 19.5 Å². The monoisotopic (exact) mass is 417 g/mol. The van der Waals surface area contributed by atoms with Crippen molar-refractivity contribution in [3.8, 4) is 39.9 Å². The van der Waals surface area contributed by atoms with E-state index in [2.05, 4.69) is 10.1 Å². The standard InChI is InChI=1S/C21H14F3NO5/c1-28-19-6-3-12(9-16(19)26)11-2-5-17-14(8-11)20(27)25-15-10-13(30-21(22,23)24)4-7-18(15)29-17/h2-10,26H,1H3,(H,25,27). The van der Waals surface area contributed by atoms with Crippen molar-refractivity contribution in [2.75, 3.05) is 12.4 Å². The number of fused-ring (bicyclic) bond motifs is 2. The van der Waals surface area contributed by atoms with Crippen LogP contribution in [0.2, 0.25) is 0 Å². The van der Waals surface area contributed by atoms with Crippen LogP contribution in [0.15, 0.2) is 54.6 Å². The third kappa shape index (κ3) is 3.82. The minimum Gasteiger partial charge on any atom is -0.504 e. The fourth-order valence-corrected chi connectivity index (χ4v) is 3.05. The maximum absolute atomic E-state index is 12.7. The van der Waals surface area contributed by atoms with E-state index < -0.39 is 18.0 Å². The van der Waals surface area contributed by atoms with Crippen LogP contribution in [-0.2, 0) is 0 Å². The van der Waals surface area contributed by atoms with Gasteiger partial charge in [0, 0.05) is 6.07 Å². The number of phenols is 1. The molecule has 0 unspecified atom stereocenters. The molecule has 0 spiro atoms. The molecule has 30 heavy (non-hydrogen) atoms. The van der Waals surface area contributed by atoms with Gasteiger partial charge in [-0.25, -0.2) is 0 Å². The molecule has 1 amide bonds. The lowest BCUT2D eigenvalue weighted by atomic mass is 10.0. The number of benzene rings is 3. The smallest absolute Gasteiger partial charge is 0.504 e. The normalized spacial score (nSPS) is 12.7. The summed E-state index contributed by atoms with van der Waals surface area (Å²) in [5.41, 5.74) is 1.47. The minimum atomic E-state index is -4.86. The molecule has 3 aromatic carbocycles. The fraction of sp³-hybridized carbons (Fsp3) is 0.0952. The summed E-state index contributed by atoms with van der Waals surface area (Å²) >= 11 is 0. The Hall–Kier alpha value is -3.88. The molecule has 1 aliphatic rings. The first-order valence-electron chi connectivity index (χ1n) is 8.64. The lowest BCUT2D eigenvalue weighted by Crippen LogP contribution is -2.17. The molecular weight excluding hydrogens is 403 g/mol. The Morgan fingerprint density at radius 1 is 0.967 bits per heavy atom. The van der Waals surface area contributed by atoms with Crippen LogP contribution in [0.4, 0.5) is 18.9 Å². The number of anilines is 1. The molecule has 3 aromatic rings. The zero-order valence-corrected chi connectivity index (χ0v) is 15.4. The van der Waals surface area contributed by atoms with Gasteiger partial charge < -0.3 is 24.6 Å². The summed E-state index contributed by atoms with van der Waals surface area (Å²) in [5, 5.41) is 12.5. The Balaban J connectivity index is 1.68. The second kappa shape index (κ2) is 7.18. The Morgan fingerprint density at radius 3 is 2.37 bits per heavy atom. The molecule has 0 aromatic heterocycles. The molecule has 0 saturated heterocycles. The molecule has 0 bridgehead atoms. The van der Waals surface area contributed by atoms with E-state index in [9.17, 15) is 23.1 Å². The maximum atomic E-state index is 12.7. The van der Waals surface area contributed by atoms with E-state index in [4.69, 9.17) is 9.47 Å². The van der Waals surface area contributed by atoms with Gasteiger partial charge in [0.25, 0.3) is 5.91 Å². The lowest BCUT2D eigenvalue weighted by Gasteiger charge is -2.12. The highest BCUT2D eigenvalue weighted by molar-refractivity contribution is 6.08. The van der Waals surface area contributed by atoms with E-state index >= 15 is 0 Å². The van der Waals surface area contributed by atoms with Gasteiger partial charge in [-0.3, -0.25) is 4.79 Å². The van der Waals surface area contributed by atoms with Gasteiger partial charge in [-0.1, -0.05) is 12.1 Å². The predicted molar refractivity (Wildman–Crippen MR) is 101 cm³/mol. The molecule has 1 aliphatic heterocycles. The predicted octanol–water partition coefficient (Wildman–Crippen LogP) is 5.32. The van der Waals surface area contributed by atoms with E-state index in [0.29, 0.717) is 16.9 Å². The van der Waals surface area contributed by atoms with E-state index in [1.165, 1.54) is 19.2 Å². The molecule has 0 atom stereocenters. The van der Waals surface area contributed by atoms with E-state index in [0.717, 1.165) is 12.1 Å². The average molecular weight is 417 g/mol. The molecule has 0 fully saturated rings. The summed E-state index contributed by atoms with van der Waals surface area (Å²) in [6.07, 6.45) is -4.86. The number of halogens is 3. The molecule has 6 nitrogen and oxygen atoms in total. The summed E-state index contributed by atoms with van der Waals surface area (Å²) in [4.78, 5) is 12.7. The van der Waals surface area contributed by atoms with Crippen LogP contribution in [0, 0.1) is 0 Å². The quantitative estimate of drug-likeness (QED) is 0.603. The minimum absolute atomic E-state index is 0.0431.